The quantitative estimate of drug-likeness (QED) is 0.400. The molecule has 1 aliphatic rings. The Morgan fingerprint density at radius 1 is 1.07 bits per heavy atom. The highest BCUT2D eigenvalue weighted by Gasteiger charge is 2.33. The van der Waals surface area contributed by atoms with Gasteiger partial charge >= 0.3 is 5.97 Å². The lowest BCUT2D eigenvalue weighted by molar-refractivity contribution is -0.135. The van der Waals surface area contributed by atoms with Gasteiger partial charge in [0.25, 0.3) is 0 Å². The SMILES string of the molecule is COc1cc([C@@H]2CC(=O)Oc3ccc(C(=O)c4ccccc4)c(O)c32)ccc1O. The van der Waals surface area contributed by atoms with Gasteiger partial charge in [-0.15, -0.1) is 0 Å². The second kappa shape index (κ2) is 7.31. The minimum atomic E-state index is -0.552. The number of phenolic OH excluding ortho intramolecular Hbond substituents is 2. The van der Waals surface area contributed by atoms with Crippen molar-refractivity contribution in [2.75, 3.05) is 7.11 Å². The highest BCUT2D eigenvalue weighted by molar-refractivity contribution is 6.11. The van der Waals surface area contributed by atoms with Crippen molar-refractivity contribution in [3.8, 4) is 23.0 Å². The number of benzene rings is 3. The zero-order chi connectivity index (χ0) is 20.5. The number of carbonyl (C=O) groups excluding carboxylic acids is 2. The number of carbonyl (C=O) groups is 2. The molecule has 1 heterocycles. The van der Waals surface area contributed by atoms with E-state index in [0.717, 1.165) is 0 Å². The summed E-state index contributed by atoms with van der Waals surface area (Å²) in [7, 11) is 1.43. The van der Waals surface area contributed by atoms with Crippen molar-refractivity contribution < 1.29 is 29.3 Å². The van der Waals surface area contributed by atoms with Gasteiger partial charge < -0.3 is 19.7 Å². The van der Waals surface area contributed by atoms with E-state index in [1.807, 2.05) is 0 Å². The van der Waals surface area contributed by atoms with Gasteiger partial charge in [0, 0.05) is 17.0 Å². The second-order valence-corrected chi connectivity index (χ2v) is 6.73. The monoisotopic (exact) mass is 390 g/mol. The molecule has 3 aromatic carbocycles. The van der Waals surface area contributed by atoms with Gasteiger partial charge in [-0.25, -0.2) is 0 Å². The molecule has 29 heavy (non-hydrogen) atoms. The molecule has 0 radical (unpaired) electrons. The highest BCUT2D eigenvalue weighted by Crippen LogP contribution is 2.46. The fourth-order valence-electron chi connectivity index (χ4n) is 3.57. The van der Waals surface area contributed by atoms with Crippen molar-refractivity contribution in [1.82, 2.24) is 0 Å². The summed E-state index contributed by atoms with van der Waals surface area (Å²) in [5.74, 6) is -1.13. The third kappa shape index (κ3) is 3.29. The number of esters is 1. The standard InChI is InChI=1S/C23H18O6/c1-28-19-11-14(7-9-17(19)24)16-12-20(25)29-18-10-8-15(23(27)21(16)18)22(26)13-5-3-2-4-6-13/h2-11,16,24,27H,12H2,1H3/t16-/m0/s1. The molecule has 3 aromatic rings. The number of fused-ring (bicyclic) bond motifs is 1. The number of ketones is 1. The van der Waals surface area contributed by atoms with Crippen molar-refractivity contribution in [2.24, 2.45) is 0 Å². The fraction of sp³-hybridized carbons (Fsp3) is 0.130. The minimum Gasteiger partial charge on any atom is -0.507 e. The Morgan fingerprint density at radius 2 is 1.83 bits per heavy atom. The maximum absolute atomic E-state index is 12.9. The van der Waals surface area contributed by atoms with E-state index in [9.17, 15) is 19.8 Å². The van der Waals surface area contributed by atoms with Crippen molar-refractivity contribution in [2.45, 2.75) is 12.3 Å². The van der Waals surface area contributed by atoms with E-state index in [1.165, 1.54) is 25.3 Å². The van der Waals surface area contributed by atoms with Crippen LogP contribution in [0, 0.1) is 0 Å². The number of hydrogen-bond donors (Lipinski definition) is 2. The van der Waals surface area contributed by atoms with Gasteiger partial charge in [0.2, 0.25) is 0 Å². The predicted octanol–water partition coefficient (Wildman–Crippen LogP) is 3.78. The largest absolute Gasteiger partial charge is 0.507 e. The van der Waals surface area contributed by atoms with E-state index in [4.69, 9.17) is 9.47 Å². The highest BCUT2D eigenvalue weighted by atomic mass is 16.5. The first-order valence-corrected chi connectivity index (χ1v) is 9.02. The third-order valence-corrected chi connectivity index (χ3v) is 5.01. The van der Waals surface area contributed by atoms with E-state index in [2.05, 4.69) is 0 Å². The molecule has 0 fully saturated rings. The Hall–Kier alpha value is -3.80. The second-order valence-electron chi connectivity index (χ2n) is 6.73. The Kier molecular flexibility index (Phi) is 4.68. The molecular weight excluding hydrogens is 372 g/mol. The van der Waals surface area contributed by atoms with E-state index in [0.29, 0.717) is 16.7 Å². The molecule has 1 aliphatic heterocycles. The summed E-state index contributed by atoms with van der Waals surface area (Å²) in [6.45, 7) is 0. The zero-order valence-electron chi connectivity index (χ0n) is 15.6. The molecule has 0 aliphatic carbocycles. The van der Waals surface area contributed by atoms with E-state index in [-0.39, 0.29) is 40.8 Å². The van der Waals surface area contributed by atoms with Gasteiger partial charge in [-0.2, -0.15) is 0 Å². The van der Waals surface area contributed by atoms with E-state index in [1.54, 1.807) is 42.5 Å². The molecule has 0 bridgehead atoms. The molecule has 0 spiro atoms. The summed E-state index contributed by atoms with van der Waals surface area (Å²) >= 11 is 0. The number of phenols is 2. The molecular formula is C23H18O6. The van der Waals surface area contributed by atoms with Crippen LogP contribution in [-0.2, 0) is 4.79 Å². The molecule has 4 rings (SSSR count). The molecule has 0 saturated heterocycles. The van der Waals surface area contributed by atoms with Crippen molar-refractivity contribution in [3.05, 3.63) is 82.9 Å². The minimum absolute atomic E-state index is 0.0164. The number of rotatable bonds is 4. The first kappa shape index (κ1) is 18.6. The van der Waals surface area contributed by atoms with Gasteiger partial charge in [0.15, 0.2) is 17.3 Å². The fourth-order valence-corrected chi connectivity index (χ4v) is 3.57. The summed E-state index contributed by atoms with van der Waals surface area (Å²) in [4.78, 5) is 25.0. The van der Waals surface area contributed by atoms with Gasteiger partial charge in [-0.05, 0) is 29.8 Å². The lowest BCUT2D eigenvalue weighted by Gasteiger charge is -2.27. The smallest absolute Gasteiger partial charge is 0.312 e. The van der Waals surface area contributed by atoms with Crippen molar-refractivity contribution in [1.29, 1.82) is 0 Å². The molecule has 0 unspecified atom stereocenters. The van der Waals surface area contributed by atoms with Gasteiger partial charge in [0.1, 0.15) is 11.5 Å². The summed E-state index contributed by atoms with van der Waals surface area (Å²) in [6, 6.07) is 16.3. The topological polar surface area (TPSA) is 93.1 Å². The van der Waals surface area contributed by atoms with Crippen LogP contribution in [0.15, 0.2) is 60.7 Å². The Balaban J connectivity index is 1.85. The van der Waals surface area contributed by atoms with Crippen molar-refractivity contribution >= 4 is 11.8 Å². The number of methoxy groups -OCH3 is 1. The molecule has 0 aromatic heterocycles. The normalized spacial score (nSPS) is 15.3. The summed E-state index contributed by atoms with van der Waals surface area (Å²) in [6.07, 6.45) is -0.0164. The van der Waals surface area contributed by atoms with Crippen LogP contribution >= 0.6 is 0 Å². The van der Waals surface area contributed by atoms with Gasteiger partial charge in [-0.1, -0.05) is 36.4 Å². The molecule has 6 nitrogen and oxygen atoms in total. The lowest BCUT2D eigenvalue weighted by atomic mass is 9.84. The number of hydrogen-bond acceptors (Lipinski definition) is 6. The van der Waals surface area contributed by atoms with Crippen LogP contribution in [0.1, 0.15) is 39.4 Å². The maximum Gasteiger partial charge on any atom is 0.312 e. The van der Waals surface area contributed by atoms with Crippen LogP contribution in [0.5, 0.6) is 23.0 Å². The molecule has 6 heteroatoms. The Labute approximate surface area is 167 Å². The summed E-state index contributed by atoms with van der Waals surface area (Å²) in [5.41, 5.74) is 1.58. The van der Waals surface area contributed by atoms with E-state index < -0.39 is 11.9 Å². The van der Waals surface area contributed by atoms with E-state index >= 15 is 0 Å². The lowest BCUT2D eigenvalue weighted by Crippen LogP contribution is -2.22. The summed E-state index contributed by atoms with van der Waals surface area (Å²) in [5, 5.41) is 20.8. The van der Waals surface area contributed by atoms with Crippen LogP contribution in [0.3, 0.4) is 0 Å². The average molecular weight is 390 g/mol. The van der Waals surface area contributed by atoms with Crippen LogP contribution in [0.4, 0.5) is 0 Å². The van der Waals surface area contributed by atoms with Crippen LogP contribution < -0.4 is 9.47 Å². The number of aromatic hydroxyl groups is 2. The van der Waals surface area contributed by atoms with Crippen molar-refractivity contribution in [3.63, 3.8) is 0 Å². The number of ether oxygens (including phenoxy) is 2. The molecule has 0 amide bonds. The molecule has 1 atom stereocenters. The molecule has 0 saturated carbocycles. The Morgan fingerprint density at radius 3 is 2.55 bits per heavy atom. The van der Waals surface area contributed by atoms with Gasteiger partial charge in [0.05, 0.1) is 19.1 Å². The summed E-state index contributed by atoms with van der Waals surface area (Å²) < 4.78 is 10.5. The van der Waals surface area contributed by atoms with Crippen LogP contribution in [0.2, 0.25) is 0 Å². The first-order valence-electron chi connectivity index (χ1n) is 9.02. The van der Waals surface area contributed by atoms with Crippen LogP contribution in [0.25, 0.3) is 0 Å². The predicted molar refractivity (Wildman–Crippen MR) is 105 cm³/mol. The maximum atomic E-state index is 12.9. The van der Waals surface area contributed by atoms with Gasteiger partial charge in [-0.3, -0.25) is 9.59 Å². The molecule has 146 valence electrons. The third-order valence-electron chi connectivity index (χ3n) is 5.01. The zero-order valence-corrected chi connectivity index (χ0v) is 15.6. The van der Waals surface area contributed by atoms with Crippen LogP contribution in [-0.4, -0.2) is 29.1 Å². The first-order chi connectivity index (χ1) is 14.0. The average Bonchev–Trinajstić information content (AvgIpc) is 2.74. The molecule has 2 N–H and O–H groups in total. The Bertz CT molecular complexity index is 1100.